The van der Waals surface area contributed by atoms with Crippen LogP contribution in [0.4, 0.5) is 0 Å². The Kier molecular flexibility index (Phi) is 8.09. The van der Waals surface area contributed by atoms with Gasteiger partial charge in [-0.25, -0.2) is 0 Å². The first-order valence-electron chi connectivity index (χ1n) is 10.5. The molecule has 6 heteroatoms. The third kappa shape index (κ3) is 6.29. The lowest BCUT2D eigenvalue weighted by molar-refractivity contribution is 0.125. The van der Waals surface area contributed by atoms with Crippen LogP contribution in [-0.2, 0) is 13.1 Å². The highest BCUT2D eigenvalue weighted by molar-refractivity contribution is 7.10. The molecule has 0 saturated carbocycles. The maximum atomic E-state index is 4.44. The van der Waals surface area contributed by atoms with Gasteiger partial charge in [0.1, 0.15) is 0 Å². The van der Waals surface area contributed by atoms with Crippen LogP contribution in [0.2, 0.25) is 0 Å². The van der Waals surface area contributed by atoms with E-state index in [0.717, 1.165) is 25.6 Å². The molecule has 5 nitrogen and oxygen atoms in total. The summed E-state index contributed by atoms with van der Waals surface area (Å²) in [4.78, 5) is 10.6. The molecule has 1 aliphatic heterocycles. The highest BCUT2D eigenvalue weighted by atomic mass is 32.1. The molecule has 1 saturated heterocycles. The van der Waals surface area contributed by atoms with Gasteiger partial charge in [0.15, 0.2) is 5.96 Å². The van der Waals surface area contributed by atoms with Gasteiger partial charge in [-0.15, -0.1) is 11.3 Å². The number of likely N-dealkylation sites (tertiary alicyclic amines) is 1. The van der Waals surface area contributed by atoms with Gasteiger partial charge < -0.3 is 15.5 Å². The van der Waals surface area contributed by atoms with Crippen molar-refractivity contribution in [3.63, 3.8) is 0 Å². The third-order valence-electron chi connectivity index (χ3n) is 5.55. The van der Waals surface area contributed by atoms with Crippen LogP contribution in [0.1, 0.15) is 34.9 Å². The summed E-state index contributed by atoms with van der Waals surface area (Å²) in [5.41, 5.74) is 2.61. The van der Waals surface area contributed by atoms with Gasteiger partial charge in [-0.05, 0) is 69.0 Å². The summed E-state index contributed by atoms with van der Waals surface area (Å²) < 4.78 is 0. The van der Waals surface area contributed by atoms with Crippen molar-refractivity contribution in [1.82, 2.24) is 20.4 Å². The number of thiophene rings is 1. The molecule has 0 spiro atoms. The monoisotopic (exact) mass is 413 g/mol. The Labute approximate surface area is 179 Å². The smallest absolute Gasteiger partial charge is 0.191 e. The van der Waals surface area contributed by atoms with E-state index in [-0.39, 0.29) is 0 Å². The number of nitrogens with zero attached hydrogens (tertiary/aromatic N) is 3. The summed E-state index contributed by atoms with van der Waals surface area (Å²) in [7, 11) is 8.30. The second-order valence-corrected chi connectivity index (χ2v) is 9.19. The van der Waals surface area contributed by atoms with Crippen LogP contribution >= 0.6 is 11.3 Å². The van der Waals surface area contributed by atoms with Crippen LogP contribution in [-0.4, -0.2) is 57.0 Å². The Morgan fingerprint density at radius 1 is 1.21 bits per heavy atom. The number of hydrogen-bond donors (Lipinski definition) is 2. The number of aliphatic imine (C=N–C) groups is 1. The normalized spacial score (nSPS) is 20.8. The van der Waals surface area contributed by atoms with E-state index in [1.165, 1.54) is 35.4 Å². The summed E-state index contributed by atoms with van der Waals surface area (Å²) in [6, 6.07) is 13.7. The molecule has 2 aromatic rings. The molecule has 0 bridgehead atoms. The number of benzene rings is 1. The highest BCUT2D eigenvalue weighted by Crippen LogP contribution is 2.36. The average molecular weight is 414 g/mol. The summed E-state index contributed by atoms with van der Waals surface area (Å²) >= 11 is 1.87. The van der Waals surface area contributed by atoms with E-state index in [1.807, 2.05) is 18.4 Å². The Hall–Kier alpha value is -1.89. The van der Waals surface area contributed by atoms with Crippen molar-refractivity contribution in [2.24, 2.45) is 10.9 Å². The fourth-order valence-electron chi connectivity index (χ4n) is 4.22. The van der Waals surface area contributed by atoms with Gasteiger partial charge in [0, 0.05) is 37.6 Å². The fourth-order valence-corrected chi connectivity index (χ4v) is 5.20. The number of hydrogen-bond acceptors (Lipinski definition) is 4. The predicted octanol–water partition coefficient (Wildman–Crippen LogP) is 3.56. The Morgan fingerprint density at radius 2 is 2.03 bits per heavy atom. The van der Waals surface area contributed by atoms with E-state index in [9.17, 15) is 0 Å². The Bertz CT molecular complexity index is 771. The van der Waals surface area contributed by atoms with Crippen molar-refractivity contribution in [3.8, 4) is 0 Å². The first-order chi connectivity index (χ1) is 14.1. The van der Waals surface area contributed by atoms with Crippen molar-refractivity contribution < 1.29 is 0 Å². The number of nitrogens with one attached hydrogen (secondary N) is 2. The van der Waals surface area contributed by atoms with Gasteiger partial charge in [-0.2, -0.15) is 0 Å². The molecule has 2 atom stereocenters. The summed E-state index contributed by atoms with van der Waals surface area (Å²) in [5.74, 6) is 1.47. The van der Waals surface area contributed by atoms with Gasteiger partial charge in [0.05, 0.1) is 0 Å². The second-order valence-electron chi connectivity index (χ2n) is 8.21. The molecule has 1 aromatic heterocycles. The molecule has 2 N–H and O–H groups in total. The van der Waals surface area contributed by atoms with Crippen molar-refractivity contribution in [1.29, 1.82) is 0 Å². The minimum absolute atomic E-state index is 0.497. The molecule has 0 radical (unpaired) electrons. The quantitative estimate of drug-likeness (QED) is 0.538. The van der Waals surface area contributed by atoms with E-state index in [2.05, 4.69) is 88.3 Å². The van der Waals surface area contributed by atoms with E-state index in [4.69, 9.17) is 0 Å². The third-order valence-corrected chi connectivity index (χ3v) is 6.49. The van der Waals surface area contributed by atoms with Crippen molar-refractivity contribution in [2.45, 2.75) is 32.0 Å². The van der Waals surface area contributed by atoms with Gasteiger partial charge >= 0.3 is 0 Å². The molecule has 1 aromatic carbocycles. The molecule has 2 unspecified atom stereocenters. The first kappa shape index (κ1) is 21.8. The molecular weight excluding hydrogens is 378 g/mol. The van der Waals surface area contributed by atoms with Gasteiger partial charge in [-0.3, -0.25) is 9.89 Å². The first-order valence-corrected chi connectivity index (χ1v) is 11.4. The van der Waals surface area contributed by atoms with Gasteiger partial charge in [0.2, 0.25) is 0 Å². The minimum atomic E-state index is 0.497. The molecule has 1 aliphatic rings. The van der Waals surface area contributed by atoms with Crippen LogP contribution in [0, 0.1) is 5.92 Å². The Balaban J connectivity index is 1.55. The fraction of sp³-hybridized carbons (Fsp3) is 0.522. The van der Waals surface area contributed by atoms with Crippen LogP contribution < -0.4 is 10.6 Å². The maximum absolute atomic E-state index is 4.44. The molecule has 0 aliphatic carbocycles. The summed E-state index contributed by atoms with van der Waals surface area (Å²) in [6.45, 7) is 3.85. The number of guanidine groups is 1. The molecular formula is C23H35N5S. The lowest BCUT2D eigenvalue weighted by atomic mass is 9.88. The molecule has 3 rings (SSSR count). The van der Waals surface area contributed by atoms with Gasteiger partial charge in [-0.1, -0.05) is 30.3 Å². The number of rotatable bonds is 7. The Morgan fingerprint density at radius 3 is 2.76 bits per heavy atom. The molecule has 2 heterocycles. The minimum Gasteiger partial charge on any atom is -0.356 e. The van der Waals surface area contributed by atoms with E-state index in [0.29, 0.717) is 12.0 Å². The van der Waals surface area contributed by atoms with Crippen molar-refractivity contribution >= 4 is 17.3 Å². The van der Waals surface area contributed by atoms with Crippen molar-refractivity contribution in [3.05, 3.63) is 57.8 Å². The zero-order valence-corrected chi connectivity index (χ0v) is 19.0. The summed E-state index contributed by atoms with van der Waals surface area (Å²) in [5, 5.41) is 9.25. The zero-order chi connectivity index (χ0) is 20.6. The standard InChI is InChI=1S/C23H35N5S/c1-24-23(25-15-18-8-5-9-19(14-18)17-27(2)3)26-16-20-10-6-12-28(4)22(20)21-11-7-13-29-21/h5,7-9,11,13-14,20,22H,6,10,12,15-17H2,1-4H3,(H2,24,25,26). The van der Waals surface area contributed by atoms with Crippen molar-refractivity contribution in [2.75, 3.05) is 41.3 Å². The lowest BCUT2D eigenvalue weighted by Gasteiger charge is -2.39. The largest absolute Gasteiger partial charge is 0.356 e. The average Bonchev–Trinajstić information content (AvgIpc) is 3.22. The van der Waals surface area contributed by atoms with Crippen LogP contribution in [0.25, 0.3) is 0 Å². The SMILES string of the molecule is CN=C(NCc1cccc(CN(C)C)c1)NCC1CCCN(C)C1c1cccs1. The molecule has 158 valence electrons. The number of piperidine rings is 1. The molecule has 29 heavy (non-hydrogen) atoms. The summed E-state index contributed by atoms with van der Waals surface area (Å²) in [6.07, 6.45) is 2.51. The second kappa shape index (κ2) is 10.8. The van der Waals surface area contributed by atoms with Gasteiger partial charge in [0.25, 0.3) is 0 Å². The van der Waals surface area contributed by atoms with E-state index < -0.39 is 0 Å². The lowest BCUT2D eigenvalue weighted by Crippen LogP contribution is -2.44. The molecule has 0 amide bonds. The van der Waals surface area contributed by atoms with Crippen LogP contribution in [0.5, 0.6) is 0 Å². The highest BCUT2D eigenvalue weighted by Gasteiger charge is 2.31. The maximum Gasteiger partial charge on any atom is 0.191 e. The predicted molar refractivity (Wildman–Crippen MR) is 124 cm³/mol. The van der Waals surface area contributed by atoms with Crippen LogP contribution in [0.15, 0.2) is 46.8 Å². The van der Waals surface area contributed by atoms with Crippen LogP contribution in [0.3, 0.4) is 0 Å². The van der Waals surface area contributed by atoms with E-state index in [1.54, 1.807) is 0 Å². The topological polar surface area (TPSA) is 42.9 Å². The zero-order valence-electron chi connectivity index (χ0n) is 18.2. The molecule has 1 fully saturated rings. The van der Waals surface area contributed by atoms with E-state index >= 15 is 0 Å².